The molecule has 8 rings (SSSR count). The van der Waals surface area contributed by atoms with Crippen LogP contribution in [-0.2, 0) is 33.3 Å². The SMILES string of the molecule is CO[C@@]12C[C@H](C)O[C@@H](OC3C[C@@]4(C)C(CC3O1)C[C@@H]1O[C@]13[C@@H]4C(O)C(=O)[C@]1(C)[C@@H](c4ccc(=O)oc4)CC[C@]31O)C2=O. The molecule has 14 atom stereocenters. The largest absolute Gasteiger partial charge is 0.431 e. The second kappa shape index (κ2) is 8.38. The van der Waals surface area contributed by atoms with Gasteiger partial charge in [-0.2, -0.15) is 0 Å². The number of hydrogen-bond acceptors (Lipinski definition) is 11. The summed E-state index contributed by atoms with van der Waals surface area (Å²) in [6.07, 6.45) is -0.267. The van der Waals surface area contributed by atoms with Crippen molar-refractivity contribution in [2.75, 3.05) is 7.11 Å². The van der Waals surface area contributed by atoms with Crippen LogP contribution in [0.2, 0.25) is 0 Å². The maximum atomic E-state index is 14.4. The van der Waals surface area contributed by atoms with Gasteiger partial charge in [0.05, 0.1) is 36.1 Å². The van der Waals surface area contributed by atoms with E-state index < -0.39 is 75.7 Å². The maximum Gasteiger partial charge on any atom is 0.335 e. The quantitative estimate of drug-likeness (QED) is 0.384. The van der Waals surface area contributed by atoms with Gasteiger partial charge in [-0.05, 0) is 68.9 Å². The number of aliphatic hydroxyl groups excluding tert-OH is 1. The number of fused-ring (bicyclic) bond motifs is 6. The van der Waals surface area contributed by atoms with Gasteiger partial charge in [-0.1, -0.05) is 6.92 Å². The van der Waals surface area contributed by atoms with Crippen LogP contribution in [0.1, 0.15) is 70.8 Å². The van der Waals surface area contributed by atoms with Crippen molar-refractivity contribution in [2.45, 2.75) is 119 Å². The summed E-state index contributed by atoms with van der Waals surface area (Å²) < 4.78 is 36.1. The van der Waals surface area contributed by atoms with Crippen molar-refractivity contribution in [3.05, 3.63) is 34.4 Å². The average molecular weight is 587 g/mol. The smallest absolute Gasteiger partial charge is 0.335 e. The molecule has 0 radical (unpaired) electrons. The number of carbonyl (C=O) groups is 2. The van der Waals surface area contributed by atoms with Crippen LogP contribution in [0.3, 0.4) is 0 Å². The minimum atomic E-state index is -1.54. The second-order valence-electron chi connectivity index (χ2n) is 14.2. The summed E-state index contributed by atoms with van der Waals surface area (Å²) in [7, 11) is 1.47. The van der Waals surface area contributed by atoms with Crippen molar-refractivity contribution in [3.63, 3.8) is 0 Å². The summed E-state index contributed by atoms with van der Waals surface area (Å²) >= 11 is 0. The topological polar surface area (TPSA) is 154 Å². The molecule has 4 heterocycles. The monoisotopic (exact) mass is 586 g/mol. The summed E-state index contributed by atoms with van der Waals surface area (Å²) in [4.78, 5) is 39.4. The molecule has 1 spiro atoms. The zero-order valence-electron chi connectivity index (χ0n) is 24.2. The minimum absolute atomic E-state index is 0.0238. The van der Waals surface area contributed by atoms with Gasteiger partial charge >= 0.3 is 5.63 Å². The van der Waals surface area contributed by atoms with E-state index in [0.717, 1.165) is 0 Å². The van der Waals surface area contributed by atoms with Crippen LogP contribution in [0.25, 0.3) is 0 Å². The third kappa shape index (κ3) is 3.03. The number of epoxide rings is 1. The summed E-state index contributed by atoms with van der Waals surface area (Å²) in [6.45, 7) is 5.63. The standard InChI is InChI=1S/C31H38O11/c1-14-11-29(37-4)25(35)26(39-14)40-19-12-27(2)16(9-18(19)41-29)10-20-31(42-20)23(27)22(33)24(34)28(3)17(7-8-30(28,31)36)15-5-6-21(32)38-13-15/h5-6,13-14,16-20,22-23,26,33,36H,7-12H2,1-4H3/t14-,16?,17+,18?,19?,20-,22?,23+,26-,27-,28-,29-,30+,31-/m0/s1. The summed E-state index contributed by atoms with van der Waals surface area (Å²) in [6, 6.07) is 2.95. The highest BCUT2D eigenvalue weighted by molar-refractivity contribution is 5.94. The second-order valence-corrected chi connectivity index (χ2v) is 14.2. The Balaban J connectivity index is 1.18. The Morgan fingerprint density at radius 2 is 1.79 bits per heavy atom. The van der Waals surface area contributed by atoms with Crippen LogP contribution >= 0.6 is 0 Å². The van der Waals surface area contributed by atoms with Gasteiger partial charge in [0.15, 0.2) is 5.78 Å². The van der Waals surface area contributed by atoms with Crippen molar-refractivity contribution in [1.29, 1.82) is 0 Å². The molecular formula is C31H38O11. The average Bonchev–Trinajstić information content (AvgIpc) is 3.61. The number of aliphatic hydroxyl groups is 2. The molecule has 4 aliphatic carbocycles. The van der Waals surface area contributed by atoms with Crippen LogP contribution in [0, 0.1) is 22.7 Å². The van der Waals surface area contributed by atoms with Crippen LogP contribution in [0.4, 0.5) is 0 Å². The Morgan fingerprint density at radius 3 is 2.50 bits per heavy atom. The van der Waals surface area contributed by atoms with Crippen molar-refractivity contribution < 1.29 is 47.9 Å². The van der Waals surface area contributed by atoms with Crippen molar-refractivity contribution in [3.8, 4) is 0 Å². The maximum absolute atomic E-state index is 14.4. The highest BCUT2D eigenvalue weighted by Crippen LogP contribution is 2.77. The van der Waals surface area contributed by atoms with Gasteiger partial charge in [-0.3, -0.25) is 9.59 Å². The number of rotatable bonds is 2. The lowest BCUT2D eigenvalue weighted by Gasteiger charge is -2.63. The molecule has 2 bridgehead atoms. The van der Waals surface area contributed by atoms with Crippen molar-refractivity contribution in [1.82, 2.24) is 0 Å². The fourth-order valence-electron chi connectivity index (χ4n) is 10.6. The zero-order valence-corrected chi connectivity index (χ0v) is 24.2. The van der Waals surface area contributed by atoms with Gasteiger partial charge in [0.2, 0.25) is 17.9 Å². The Labute approximate surface area is 242 Å². The third-order valence-electron chi connectivity index (χ3n) is 12.6. The first-order chi connectivity index (χ1) is 19.8. The van der Waals surface area contributed by atoms with E-state index in [9.17, 15) is 24.6 Å². The molecular weight excluding hydrogens is 548 g/mol. The summed E-state index contributed by atoms with van der Waals surface area (Å²) in [5.41, 5.74) is -4.53. The van der Waals surface area contributed by atoms with Gasteiger partial charge in [0.25, 0.3) is 0 Å². The molecule has 11 heteroatoms. The lowest BCUT2D eigenvalue weighted by Crippen LogP contribution is -2.76. The Kier molecular flexibility index (Phi) is 5.50. The van der Waals surface area contributed by atoms with Crippen molar-refractivity contribution in [2.24, 2.45) is 22.7 Å². The number of Topliss-reactive ketones (excluding diaryl/α,β-unsaturated/α-hetero) is 2. The normalized spacial score (nSPS) is 55.9. The molecule has 3 aliphatic heterocycles. The van der Waals surface area contributed by atoms with E-state index in [2.05, 4.69) is 6.92 Å². The van der Waals surface area contributed by atoms with Gasteiger partial charge in [-0.25, -0.2) is 4.79 Å². The lowest BCUT2D eigenvalue weighted by atomic mass is 9.41. The van der Waals surface area contributed by atoms with Gasteiger partial charge in [0, 0.05) is 31.4 Å². The molecule has 4 saturated carbocycles. The van der Waals surface area contributed by atoms with E-state index >= 15 is 0 Å². The Bertz CT molecular complexity index is 1400. The Morgan fingerprint density at radius 1 is 1.00 bits per heavy atom. The molecule has 3 saturated heterocycles. The highest BCUT2D eigenvalue weighted by atomic mass is 16.8. The van der Waals surface area contributed by atoms with Crippen molar-refractivity contribution >= 4 is 11.6 Å². The first-order valence-corrected chi connectivity index (χ1v) is 15.1. The first kappa shape index (κ1) is 27.6. The number of methoxy groups -OCH3 is 1. The zero-order chi connectivity index (χ0) is 29.6. The molecule has 2 N–H and O–H groups in total. The molecule has 1 aromatic rings. The Hall–Kier alpha value is -1.99. The molecule has 0 aromatic carbocycles. The summed E-state index contributed by atoms with van der Waals surface area (Å²) in [5, 5.41) is 24.7. The molecule has 7 fully saturated rings. The van der Waals surface area contributed by atoms with E-state index in [1.54, 1.807) is 13.0 Å². The van der Waals surface area contributed by atoms with E-state index in [1.165, 1.54) is 19.4 Å². The van der Waals surface area contributed by atoms with Gasteiger partial charge < -0.3 is 38.3 Å². The van der Waals surface area contributed by atoms with E-state index in [0.29, 0.717) is 37.7 Å². The lowest BCUT2D eigenvalue weighted by molar-refractivity contribution is -0.272. The van der Waals surface area contributed by atoms with Gasteiger partial charge in [0.1, 0.15) is 17.3 Å². The fourth-order valence-corrected chi connectivity index (χ4v) is 10.6. The molecule has 11 nitrogen and oxygen atoms in total. The predicted octanol–water partition coefficient (Wildman–Crippen LogP) is 1.60. The molecule has 7 aliphatic rings. The number of hydrogen-bond donors (Lipinski definition) is 2. The first-order valence-electron chi connectivity index (χ1n) is 15.1. The molecule has 42 heavy (non-hydrogen) atoms. The predicted molar refractivity (Wildman–Crippen MR) is 141 cm³/mol. The number of ketones is 2. The molecule has 4 unspecified atom stereocenters. The van der Waals surface area contributed by atoms with Crippen LogP contribution < -0.4 is 5.63 Å². The summed E-state index contributed by atoms with van der Waals surface area (Å²) in [5.74, 6) is -3.43. The number of ether oxygens (including phenoxy) is 5. The number of carbonyl (C=O) groups excluding carboxylic acids is 2. The minimum Gasteiger partial charge on any atom is -0.431 e. The van der Waals surface area contributed by atoms with Gasteiger partial charge in [-0.15, -0.1) is 0 Å². The van der Waals surface area contributed by atoms with Crippen LogP contribution in [0.15, 0.2) is 27.6 Å². The van der Waals surface area contributed by atoms with E-state index in [1.807, 2.05) is 6.92 Å². The molecule has 1 aromatic heterocycles. The third-order valence-corrected chi connectivity index (χ3v) is 12.6. The van der Waals surface area contributed by atoms with Crippen LogP contribution in [0.5, 0.6) is 0 Å². The van der Waals surface area contributed by atoms with E-state index in [-0.39, 0.29) is 30.3 Å². The highest BCUT2D eigenvalue weighted by Gasteiger charge is 2.88. The van der Waals surface area contributed by atoms with Crippen LogP contribution in [-0.4, -0.2) is 82.7 Å². The molecule has 0 amide bonds. The fraction of sp³-hybridized carbons (Fsp3) is 0.774. The molecule has 228 valence electrons. The van der Waals surface area contributed by atoms with E-state index in [4.69, 9.17) is 28.1 Å².